The molecular formula is C14H21N3O. The minimum Gasteiger partial charge on any atom is -0.384 e. The molecule has 3 N–H and O–H groups in total. The first kappa shape index (κ1) is 12.9. The molecule has 0 aromatic carbocycles. The SMILES string of the molecule is Nc1cccc(C(=O)NC2CCCCCCC2)n1. The second kappa shape index (κ2) is 6.38. The van der Waals surface area contributed by atoms with Crippen molar-refractivity contribution >= 4 is 11.7 Å². The van der Waals surface area contributed by atoms with Gasteiger partial charge in [0.25, 0.3) is 5.91 Å². The number of carbonyl (C=O) groups is 1. The Morgan fingerprint density at radius 3 is 2.50 bits per heavy atom. The molecule has 1 saturated carbocycles. The van der Waals surface area contributed by atoms with Gasteiger partial charge in [-0.15, -0.1) is 0 Å². The predicted molar refractivity (Wildman–Crippen MR) is 72.2 cm³/mol. The minimum atomic E-state index is -0.104. The molecular weight excluding hydrogens is 226 g/mol. The largest absolute Gasteiger partial charge is 0.384 e. The third kappa shape index (κ3) is 3.72. The number of hydrogen-bond acceptors (Lipinski definition) is 3. The van der Waals surface area contributed by atoms with E-state index in [4.69, 9.17) is 5.73 Å². The third-order valence-electron chi connectivity index (χ3n) is 3.44. The summed E-state index contributed by atoms with van der Waals surface area (Å²) >= 11 is 0. The number of anilines is 1. The molecule has 0 aliphatic heterocycles. The van der Waals surface area contributed by atoms with Crippen LogP contribution in [0.4, 0.5) is 5.82 Å². The van der Waals surface area contributed by atoms with Gasteiger partial charge in [-0.2, -0.15) is 0 Å². The fourth-order valence-electron chi connectivity index (χ4n) is 2.44. The smallest absolute Gasteiger partial charge is 0.270 e. The van der Waals surface area contributed by atoms with Crippen molar-refractivity contribution < 1.29 is 4.79 Å². The standard InChI is InChI=1S/C14H21N3O/c15-13-10-6-9-12(17-13)14(18)16-11-7-4-2-1-3-5-8-11/h6,9-11H,1-5,7-8H2,(H2,15,17)(H,16,18). The van der Waals surface area contributed by atoms with Crippen LogP contribution in [0.2, 0.25) is 0 Å². The van der Waals surface area contributed by atoms with Crippen molar-refractivity contribution in [1.82, 2.24) is 10.3 Å². The summed E-state index contributed by atoms with van der Waals surface area (Å²) in [6.45, 7) is 0. The van der Waals surface area contributed by atoms with Crippen LogP contribution in [0.25, 0.3) is 0 Å². The number of nitrogens with two attached hydrogens (primary N) is 1. The van der Waals surface area contributed by atoms with Gasteiger partial charge in [-0.25, -0.2) is 4.98 Å². The van der Waals surface area contributed by atoms with Crippen LogP contribution in [0.5, 0.6) is 0 Å². The van der Waals surface area contributed by atoms with Crippen molar-refractivity contribution in [3.8, 4) is 0 Å². The van der Waals surface area contributed by atoms with Crippen LogP contribution >= 0.6 is 0 Å². The molecule has 1 amide bonds. The average molecular weight is 247 g/mol. The molecule has 1 aromatic heterocycles. The lowest BCUT2D eigenvalue weighted by atomic mass is 9.96. The topological polar surface area (TPSA) is 68.0 Å². The Morgan fingerprint density at radius 1 is 1.17 bits per heavy atom. The number of nitrogens with one attached hydrogen (secondary N) is 1. The summed E-state index contributed by atoms with van der Waals surface area (Å²) in [4.78, 5) is 16.1. The van der Waals surface area contributed by atoms with Crippen LogP contribution in [-0.2, 0) is 0 Å². The molecule has 1 aliphatic rings. The summed E-state index contributed by atoms with van der Waals surface area (Å²) < 4.78 is 0. The minimum absolute atomic E-state index is 0.104. The van der Waals surface area contributed by atoms with E-state index < -0.39 is 0 Å². The molecule has 0 spiro atoms. The normalized spacial score (nSPS) is 17.8. The zero-order valence-electron chi connectivity index (χ0n) is 10.7. The summed E-state index contributed by atoms with van der Waals surface area (Å²) in [5, 5.41) is 3.07. The van der Waals surface area contributed by atoms with Gasteiger partial charge in [0.15, 0.2) is 0 Å². The fourth-order valence-corrected chi connectivity index (χ4v) is 2.44. The zero-order valence-corrected chi connectivity index (χ0v) is 10.7. The Bertz CT molecular complexity index is 398. The Labute approximate surface area is 108 Å². The highest BCUT2D eigenvalue weighted by molar-refractivity contribution is 5.92. The molecule has 0 saturated heterocycles. The highest BCUT2D eigenvalue weighted by atomic mass is 16.1. The second-order valence-corrected chi connectivity index (χ2v) is 4.96. The van der Waals surface area contributed by atoms with Crippen molar-refractivity contribution in [2.75, 3.05) is 5.73 Å². The monoisotopic (exact) mass is 247 g/mol. The molecule has 4 nitrogen and oxygen atoms in total. The molecule has 1 fully saturated rings. The molecule has 0 atom stereocenters. The Kier molecular flexibility index (Phi) is 4.56. The molecule has 0 bridgehead atoms. The number of aromatic nitrogens is 1. The van der Waals surface area contributed by atoms with Crippen LogP contribution in [0.3, 0.4) is 0 Å². The van der Waals surface area contributed by atoms with Gasteiger partial charge in [0, 0.05) is 6.04 Å². The molecule has 2 rings (SSSR count). The molecule has 4 heteroatoms. The Morgan fingerprint density at radius 2 is 1.83 bits per heavy atom. The van der Waals surface area contributed by atoms with Crippen molar-refractivity contribution in [1.29, 1.82) is 0 Å². The van der Waals surface area contributed by atoms with Crippen LogP contribution in [0.15, 0.2) is 18.2 Å². The number of amides is 1. The summed E-state index contributed by atoms with van der Waals surface area (Å²) in [5.41, 5.74) is 6.00. The van der Waals surface area contributed by atoms with Gasteiger partial charge in [-0.05, 0) is 25.0 Å². The van der Waals surface area contributed by atoms with Gasteiger partial charge in [0.05, 0.1) is 0 Å². The van der Waals surface area contributed by atoms with Crippen molar-refractivity contribution in [2.45, 2.75) is 51.0 Å². The van der Waals surface area contributed by atoms with Gasteiger partial charge in [0.2, 0.25) is 0 Å². The number of nitrogens with zero attached hydrogens (tertiary/aromatic N) is 1. The summed E-state index contributed by atoms with van der Waals surface area (Å²) in [7, 11) is 0. The van der Waals surface area contributed by atoms with E-state index in [1.54, 1.807) is 18.2 Å². The highest BCUT2D eigenvalue weighted by Crippen LogP contribution is 2.17. The van der Waals surface area contributed by atoms with E-state index in [9.17, 15) is 4.79 Å². The Balaban J connectivity index is 1.93. The highest BCUT2D eigenvalue weighted by Gasteiger charge is 2.15. The van der Waals surface area contributed by atoms with E-state index in [0.29, 0.717) is 17.6 Å². The van der Waals surface area contributed by atoms with Crippen LogP contribution in [0, 0.1) is 0 Å². The summed E-state index contributed by atoms with van der Waals surface area (Å²) in [6.07, 6.45) is 8.45. The number of hydrogen-bond donors (Lipinski definition) is 2. The van der Waals surface area contributed by atoms with Crippen LogP contribution in [-0.4, -0.2) is 16.9 Å². The molecule has 1 heterocycles. The second-order valence-electron chi connectivity index (χ2n) is 4.96. The quantitative estimate of drug-likeness (QED) is 0.843. The van der Waals surface area contributed by atoms with E-state index in [2.05, 4.69) is 10.3 Å². The van der Waals surface area contributed by atoms with Gasteiger partial charge in [-0.3, -0.25) is 4.79 Å². The van der Waals surface area contributed by atoms with E-state index in [0.717, 1.165) is 12.8 Å². The van der Waals surface area contributed by atoms with Crippen molar-refractivity contribution in [3.63, 3.8) is 0 Å². The van der Waals surface area contributed by atoms with Gasteiger partial charge < -0.3 is 11.1 Å². The zero-order chi connectivity index (χ0) is 12.8. The number of pyridine rings is 1. The average Bonchev–Trinajstić information content (AvgIpc) is 2.32. The fraction of sp³-hybridized carbons (Fsp3) is 0.571. The number of carbonyl (C=O) groups excluding carboxylic acids is 1. The third-order valence-corrected chi connectivity index (χ3v) is 3.44. The number of nitrogen functional groups attached to an aromatic ring is 1. The first-order chi connectivity index (χ1) is 8.75. The van der Waals surface area contributed by atoms with E-state index in [-0.39, 0.29) is 5.91 Å². The number of rotatable bonds is 2. The van der Waals surface area contributed by atoms with E-state index >= 15 is 0 Å². The summed E-state index contributed by atoms with van der Waals surface area (Å²) in [5.74, 6) is 0.285. The van der Waals surface area contributed by atoms with E-state index in [1.807, 2.05) is 0 Å². The lowest BCUT2D eigenvalue weighted by molar-refractivity contribution is 0.0925. The van der Waals surface area contributed by atoms with Gasteiger partial charge in [-0.1, -0.05) is 38.2 Å². The molecule has 18 heavy (non-hydrogen) atoms. The molecule has 0 unspecified atom stereocenters. The van der Waals surface area contributed by atoms with E-state index in [1.165, 1.54) is 32.1 Å². The first-order valence-electron chi connectivity index (χ1n) is 6.79. The lowest BCUT2D eigenvalue weighted by Gasteiger charge is -2.20. The lowest BCUT2D eigenvalue weighted by Crippen LogP contribution is -2.35. The predicted octanol–water partition coefficient (Wildman–Crippen LogP) is 2.51. The molecule has 1 aromatic rings. The Hall–Kier alpha value is -1.58. The van der Waals surface area contributed by atoms with Crippen LogP contribution < -0.4 is 11.1 Å². The van der Waals surface area contributed by atoms with Crippen molar-refractivity contribution in [3.05, 3.63) is 23.9 Å². The van der Waals surface area contributed by atoms with Gasteiger partial charge in [0.1, 0.15) is 11.5 Å². The van der Waals surface area contributed by atoms with Gasteiger partial charge >= 0.3 is 0 Å². The maximum atomic E-state index is 12.0. The molecule has 98 valence electrons. The maximum Gasteiger partial charge on any atom is 0.270 e. The van der Waals surface area contributed by atoms with Crippen LogP contribution in [0.1, 0.15) is 55.4 Å². The molecule has 1 aliphatic carbocycles. The first-order valence-corrected chi connectivity index (χ1v) is 6.79. The summed E-state index contributed by atoms with van der Waals surface area (Å²) in [6, 6.07) is 5.44. The van der Waals surface area contributed by atoms with Crippen molar-refractivity contribution in [2.24, 2.45) is 0 Å². The molecule has 0 radical (unpaired) electrons. The maximum absolute atomic E-state index is 12.0.